The van der Waals surface area contributed by atoms with E-state index in [1.807, 2.05) is 37.3 Å². The summed E-state index contributed by atoms with van der Waals surface area (Å²) in [5.41, 5.74) is 1.42. The maximum absolute atomic E-state index is 11.8. The van der Waals surface area contributed by atoms with Crippen molar-refractivity contribution in [2.45, 2.75) is 38.9 Å². The average molecular weight is 345 g/mol. The first kappa shape index (κ1) is 18.7. The van der Waals surface area contributed by atoms with E-state index in [0.717, 1.165) is 5.56 Å². The van der Waals surface area contributed by atoms with Crippen LogP contribution in [-0.2, 0) is 16.1 Å². The molecule has 0 saturated carbocycles. The van der Waals surface area contributed by atoms with Gasteiger partial charge in [-0.05, 0) is 11.5 Å². The lowest BCUT2D eigenvalue weighted by Gasteiger charge is -2.25. The molecule has 0 fully saturated rings. The highest BCUT2D eigenvalue weighted by Crippen LogP contribution is 2.19. The summed E-state index contributed by atoms with van der Waals surface area (Å²) in [6.45, 7) is 4.12. The summed E-state index contributed by atoms with van der Waals surface area (Å²) >= 11 is 0. The van der Waals surface area contributed by atoms with Crippen LogP contribution >= 0.6 is 0 Å². The van der Waals surface area contributed by atoms with E-state index in [0.29, 0.717) is 18.7 Å². The van der Waals surface area contributed by atoms with E-state index in [1.165, 1.54) is 6.20 Å². The summed E-state index contributed by atoms with van der Waals surface area (Å²) in [5, 5.41) is 21.8. The number of carbonyl (C=O) groups is 2. The maximum atomic E-state index is 11.8. The SMILES string of the molecule is CCC(C)C(NC(C(=O)O)c1cncn1Cc1ccccc1)C(=O)O. The minimum atomic E-state index is -1.15. The number of rotatable bonds is 9. The van der Waals surface area contributed by atoms with Gasteiger partial charge >= 0.3 is 11.9 Å². The first-order chi connectivity index (χ1) is 11.9. The van der Waals surface area contributed by atoms with Crippen LogP contribution in [0.1, 0.15) is 37.6 Å². The summed E-state index contributed by atoms with van der Waals surface area (Å²) in [5.74, 6) is -2.40. The highest BCUT2D eigenvalue weighted by Gasteiger charge is 2.32. The van der Waals surface area contributed by atoms with Crippen molar-refractivity contribution in [3.05, 3.63) is 54.1 Å². The number of hydrogen-bond acceptors (Lipinski definition) is 4. The van der Waals surface area contributed by atoms with Gasteiger partial charge in [0.05, 0.1) is 18.2 Å². The van der Waals surface area contributed by atoms with Gasteiger partial charge in [0.15, 0.2) is 0 Å². The lowest BCUT2D eigenvalue weighted by atomic mass is 9.98. The molecule has 0 spiro atoms. The smallest absolute Gasteiger partial charge is 0.326 e. The Labute approximate surface area is 146 Å². The van der Waals surface area contributed by atoms with Crippen LogP contribution < -0.4 is 5.32 Å². The van der Waals surface area contributed by atoms with Gasteiger partial charge < -0.3 is 14.8 Å². The Morgan fingerprint density at radius 1 is 1.20 bits per heavy atom. The largest absolute Gasteiger partial charge is 0.480 e. The minimum absolute atomic E-state index is 0.204. The van der Waals surface area contributed by atoms with Crippen LogP contribution in [0.5, 0.6) is 0 Å². The second kappa shape index (κ2) is 8.43. The van der Waals surface area contributed by atoms with E-state index in [-0.39, 0.29) is 5.92 Å². The zero-order valence-corrected chi connectivity index (χ0v) is 14.3. The van der Waals surface area contributed by atoms with Crippen LogP contribution in [0, 0.1) is 5.92 Å². The number of aromatic nitrogens is 2. The van der Waals surface area contributed by atoms with Crippen molar-refractivity contribution in [3.63, 3.8) is 0 Å². The number of carboxylic acid groups (broad SMARTS) is 2. The van der Waals surface area contributed by atoms with Gasteiger partial charge in [0, 0.05) is 6.54 Å². The Morgan fingerprint density at radius 3 is 2.44 bits per heavy atom. The molecule has 2 aromatic rings. The second-order valence-electron chi connectivity index (χ2n) is 6.07. The Kier molecular flexibility index (Phi) is 6.30. The van der Waals surface area contributed by atoms with Gasteiger partial charge in [-0.2, -0.15) is 0 Å². The minimum Gasteiger partial charge on any atom is -0.480 e. The summed E-state index contributed by atoms with van der Waals surface area (Å²) in [4.78, 5) is 27.4. The molecule has 25 heavy (non-hydrogen) atoms. The Hall–Kier alpha value is -2.67. The summed E-state index contributed by atoms with van der Waals surface area (Å²) in [7, 11) is 0. The molecule has 3 atom stereocenters. The normalized spacial score (nSPS) is 14.6. The predicted octanol–water partition coefficient (Wildman–Crippen LogP) is 2.15. The van der Waals surface area contributed by atoms with E-state index in [4.69, 9.17) is 0 Å². The third-order valence-electron chi connectivity index (χ3n) is 4.31. The molecule has 134 valence electrons. The molecule has 0 radical (unpaired) electrons. The van der Waals surface area contributed by atoms with E-state index in [1.54, 1.807) is 17.8 Å². The van der Waals surface area contributed by atoms with E-state index in [9.17, 15) is 19.8 Å². The van der Waals surface area contributed by atoms with Crippen molar-refractivity contribution >= 4 is 11.9 Å². The van der Waals surface area contributed by atoms with Crippen molar-refractivity contribution in [3.8, 4) is 0 Å². The van der Waals surface area contributed by atoms with Crippen LogP contribution in [0.2, 0.25) is 0 Å². The molecule has 0 amide bonds. The number of benzene rings is 1. The fraction of sp³-hybridized carbons (Fsp3) is 0.389. The molecule has 7 heteroatoms. The summed E-state index contributed by atoms with van der Waals surface area (Å²) in [6.07, 6.45) is 3.64. The molecule has 7 nitrogen and oxygen atoms in total. The fourth-order valence-corrected chi connectivity index (χ4v) is 2.66. The van der Waals surface area contributed by atoms with E-state index >= 15 is 0 Å². The Bertz CT molecular complexity index is 714. The number of imidazole rings is 1. The zero-order valence-electron chi connectivity index (χ0n) is 14.3. The number of carboxylic acids is 2. The molecule has 3 N–H and O–H groups in total. The highest BCUT2D eigenvalue weighted by molar-refractivity contribution is 5.78. The van der Waals surface area contributed by atoms with Crippen LogP contribution in [-0.4, -0.2) is 37.7 Å². The molecule has 3 unspecified atom stereocenters. The Balaban J connectivity index is 2.28. The molecule has 0 bridgehead atoms. The van der Waals surface area contributed by atoms with Crippen LogP contribution in [0.15, 0.2) is 42.9 Å². The van der Waals surface area contributed by atoms with Gasteiger partial charge in [0.25, 0.3) is 0 Å². The number of aliphatic carboxylic acids is 2. The average Bonchev–Trinajstić information content (AvgIpc) is 3.03. The molecular formula is C18H23N3O4. The Morgan fingerprint density at radius 2 is 1.88 bits per heavy atom. The number of nitrogens with zero attached hydrogens (tertiary/aromatic N) is 2. The fourth-order valence-electron chi connectivity index (χ4n) is 2.66. The lowest BCUT2D eigenvalue weighted by Crippen LogP contribution is -2.46. The van der Waals surface area contributed by atoms with Crippen molar-refractivity contribution in [1.82, 2.24) is 14.9 Å². The first-order valence-corrected chi connectivity index (χ1v) is 8.19. The second-order valence-corrected chi connectivity index (χ2v) is 6.07. The van der Waals surface area contributed by atoms with Crippen molar-refractivity contribution in [2.75, 3.05) is 0 Å². The highest BCUT2D eigenvalue weighted by atomic mass is 16.4. The third kappa shape index (κ3) is 4.67. The van der Waals surface area contributed by atoms with Crippen molar-refractivity contribution < 1.29 is 19.8 Å². The molecule has 0 aliphatic carbocycles. The van der Waals surface area contributed by atoms with Crippen LogP contribution in [0.3, 0.4) is 0 Å². The predicted molar refractivity (Wildman–Crippen MR) is 92.2 cm³/mol. The van der Waals surface area contributed by atoms with Gasteiger partial charge in [-0.1, -0.05) is 50.6 Å². The van der Waals surface area contributed by atoms with Gasteiger partial charge in [-0.25, -0.2) is 4.98 Å². The molecule has 1 aromatic heterocycles. The van der Waals surface area contributed by atoms with Gasteiger partial charge in [0.2, 0.25) is 0 Å². The van der Waals surface area contributed by atoms with Crippen molar-refractivity contribution in [1.29, 1.82) is 0 Å². The van der Waals surface area contributed by atoms with Gasteiger partial charge in [-0.15, -0.1) is 0 Å². The zero-order chi connectivity index (χ0) is 18.4. The molecule has 2 rings (SSSR count). The third-order valence-corrected chi connectivity index (χ3v) is 4.31. The molecule has 1 aromatic carbocycles. The van der Waals surface area contributed by atoms with Crippen LogP contribution in [0.4, 0.5) is 0 Å². The maximum Gasteiger partial charge on any atom is 0.326 e. The quantitative estimate of drug-likeness (QED) is 0.643. The summed E-state index contributed by atoms with van der Waals surface area (Å²) in [6, 6.07) is 7.49. The van der Waals surface area contributed by atoms with Gasteiger partial charge in [0.1, 0.15) is 12.1 Å². The molecule has 0 aliphatic heterocycles. The monoisotopic (exact) mass is 345 g/mol. The molecule has 1 heterocycles. The molecular weight excluding hydrogens is 322 g/mol. The summed E-state index contributed by atoms with van der Waals surface area (Å²) < 4.78 is 1.72. The van der Waals surface area contributed by atoms with Crippen molar-refractivity contribution in [2.24, 2.45) is 5.92 Å². The van der Waals surface area contributed by atoms with E-state index < -0.39 is 24.0 Å². The molecule has 0 aliphatic rings. The number of nitrogens with one attached hydrogen (secondary N) is 1. The standard InChI is InChI=1S/C18H23N3O4/c1-3-12(2)15(17(22)23)20-16(18(24)25)14-9-19-11-21(14)10-13-7-5-4-6-8-13/h4-9,11-12,15-16,20H,3,10H2,1-2H3,(H,22,23)(H,24,25). The van der Waals surface area contributed by atoms with E-state index in [2.05, 4.69) is 10.3 Å². The number of hydrogen-bond donors (Lipinski definition) is 3. The first-order valence-electron chi connectivity index (χ1n) is 8.19. The molecule has 0 saturated heterocycles. The topological polar surface area (TPSA) is 104 Å². The van der Waals surface area contributed by atoms with Crippen LogP contribution in [0.25, 0.3) is 0 Å². The lowest BCUT2D eigenvalue weighted by molar-refractivity contribution is -0.143. The van der Waals surface area contributed by atoms with Gasteiger partial charge in [-0.3, -0.25) is 14.9 Å².